The number of aromatic carboxylic acids is 1. The number of rotatable bonds is 3. The van der Waals surface area contributed by atoms with Gasteiger partial charge in [-0.3, -0.25) is 0 Å². The molecule has 0 fully saturated rings. The SMILES string of the molecule is COc1ccc(-c2cccc(C(=O)[O-])c2)cc1.[Na+]. The summed E-state index contributed by atoms with van der Waals surface area (Å²) in [4.78, 5) is 10.8. The van der Waals surface area contributed by atoms with E-state index in [9.17, 15) is 9.90 Å². The fourth-order valence-corrected chi connectivity index (χ4v) is 1.61. The van der Waals surface area contributed by atoms with Gasteiger partial charge in [-0.2, -0.15) is 0 Å². The molecule has 2 aromatic carbocycles. The minimum atomic E-state index is -1.17. The zero-order chi connectivity index (χ0) is 12.3. The van der Waals surface area contributed by atoms with E-state index in [2.05, 4.69) is 0 Å². The molecule has 0 N–H and O–H groups in total. The van der Waals surface area contributed by atoms with Gasteiger partial charge >= 0.3 is 29.6 Å². The van der Waals surface area contributed by atoms with E-state index in [0.717, 1.165) is 16.9 Å². The predicted molar refractivity (Wildman–Crippen MR) is 62.8 cm³/mol. The van der Waals surface area contributed by atoms with Crippen LogP contribution in [0.25, 0.3) is 11.1 Å². The van der Waals surface area contributed by atoms with Crippen molar-refractivity contribution in [3.05, 3.63) is 54.1 Å². The summed E-state index contributed by atoms with van der Waals surface area (Å²) in [7, 11) is 1.60. The normalized spacial score (nSPS) is 9.39. The van der Waals surface area contributed by atoms with E-state index < -0.39 is 5.97 Å². The topological polar surface area (TPSA) is 49.4 Å². The molecule has 0 aliphatic heterocycles. The van der Waals surface area contributed by atoms with E-state index >= 15 is 0 Å². The minimum Gasteiger partial charge on any atom is -0.545 e. The van der Waals surface area contributed by atoms with E-state index in [0.29, 0.717) is 0 Å². The molecule has 2 rings (SSSR count). The second-order valence-corrected chi connectivity index (χ2v) is 3.60. The van der Waals surface area contributed by atoms with Crippen LogP contribution in [-0.2, 0) is 0 Å². The quantitative estimate of drug-likeness (QED) is 0.638. The smallest absolute Gasteiger partial charge is 0.545 e. The van der Waals surface area contributed by atoms with Gasteiger partial charge in [0.15, 0.2) is 0 Å². The third-order valence-electron chi connectivity index (χ3n) is 2.52. The van der Waals surface area contributed by atoms with Crippen LogP contribution in [0.2, 0.25) is 0 Å². The van der Waals surface area contributed by atoms with Crippen molar-refractivity contribution < 1.29 is 44.2 Å². The van der Waals surface area contributed by atoms with Crippen molar-refractivity contribution in [2.75, 3.05) is 7.11 Å². The zero-order valence-corrected chi connectivity index (χ0v) is 12.3. The number of benzene rings is 2. The molecule has 0 aliphatic rings. The Kier molecular flexibility index (Phi) is 5.41. The third-order valence-corrected chi connectivity index (χ3v) is 2.52. The molecule has 0 bridgehead atoms. The summed E-state index contributed by atoms with van der Waals surface area (Å²) >= 11 is 0. The number of carbonyl (C=O) groups is 1. The maximum Gasteiger partial charge on any atom is 1.00 e. The molecule has 0 unspecified atom stereocenters. The van der Waals surface area contributed by atoms with Gasteiger partial charge in [0.25, 0.3) is 0 Å². The summed E-state index contributed by atoms with van der Waals surface area (Å²) in [5, 5.41) is 10.8. The van der Waals surface area contributed by atoms with Crippen molar-refractivity contribution in [2.45, 2.75) is 0 Å². The second kappa shape index (κ2) is 6.59. The van der Waals surface area contributed by atoms with Crippen molar-refractivity contribution in [3.63, 3.8) is 0 Å². The molecule has 0 saturated carbocycles. The van der Waals surface area contributed by atoms with Crippen LogP contribution in [-0.4, -0.2) is 13.1 Å². The Morgan fingerprint density at radius 1 is 1.06 bits per heavy atom. The molecule has 0 radical (unpaired) electrons. The molecule has 18 heavy (non-hydrogen) atoms. The Morgan fingerprint density at radius 3 is 2.28 bits per heavy atom. The van der Waals surface area contributed by atoms with Crippen LogP contribution in [0, 0.1) is 0 Å². The van der Waals surface area contributed by atoms with Crippen LogP contribution >= 0.6 is 0 Å². The molecular formula is C14H11NaO3. The molecule has 86 valence electrons. The van der Waals surface area contributed by atoms with Gasteiger partial charge in [-0.1, -0.05) is 30.3 Å². The van der Waals surface area contributed by atoms with Gasteiger partial charge in [0.05, 0.1) is 13.1 Å². The molecule has 0 saturated heterocycles. The van der Waals surface area contributed by atoms with E-state index in [4.69, 9.17) is 4.74 Å². The summed E-state index contributed by atoms with van der Waals surface area (Å²) in [6.07, 6.45) is 0. The second-order valence-electron chi connectivity index (χ2n) is 3.60. The van der Waals surface area contributed by atoms with Crippen molar-refractivity contribution in [1.29, 1.82) is 0 Å². The van der Waals surface area contributed by atoms with Gasteiger partial charge in [0.1, 0.15) is 5.75 Å². The van der Waals surface area contributed by atoms with Gasteiger partial charge in [0.2, 0.25) is 0 Å². The zero-order valence-electron chi connectivity index (χ0n) is 10.3. The summed E-state index contributed by atoms with van der Waals surface area (Å²) < 4.78 is 5.06. The molecule has 4 heteroatoms. The fourth-order valence-electron chi connectivity index (χ4n) is 1.61. The average Bonchev–Trinajstić information content (AvgIpc) is 2.39. The molecule has 0 spiro atoms. The first-order chi connectivity index (χ1) is 8.20. The maximum absolute atomic E-state index is 10.8. The van der Waals surface area contributed by atoms with Crippen LogP contribution in [0.3, 0.4) is 0 Å². The number of methoxy groups -OCH3 is 1. The Balaban J connectivity index is 0.00000162. The van der Waals surface area contributed by atoms with Crippen LogP contribution < -0.4 is 39.4 Å². The predicted octanol–water partition coefficient (Wildman–Crippen LogP) is -1.27. The summed E-state index contributed by atoms with van der Waals surface area (Å²) in [5.74, 6) is -0.398. The Bertz CT molecular complexity index is 535. The largest absolute Gasteiger partial charge is 1.00 e. The van der Waals surface area contributed by atoms with Crippen LogP contribution in [0.15, 0.2) is 48.5 Å². The first kappa shape index (κ1) is 14.8. The van der Waals surface area contributed by atoms with Crippen LogP contribution in [0.4, 0.5) is 0 Å². The minimum absolute atomic E-state index is 0. The average molecular weight is 250 g/mol. The molecule has 2 aromatic rings. The maximum atomic E-state index is 10.8. The van der Waals surface area contributed by atoms with Gasteiger partial charge in [-0.15, -0.1) is 0 Å². The molecule has 3 nitrogen and oxygen atoms in total. The first-order valence-electron chi connectivity index (χ1n) is 5.16. The van der Waals surface area contributed by atoms with Crippen molar-refractivity contribution >= 4 is 5.97 Å². The van der Waals surface area contributed by atoms with E-state index in [1.807, 2.05) is 30.3 Å². The number of carbonyl (C=O) groups excluding carboxylic acids is 1. The third kappa shape index (κ3) is 3.35. The van der Waals surface area contributed by atoms with Crippen LogP contribution in [0.5, 0.6) is 5.75 Å². The van der Waals surface area contributed by atoms with E-state index in [-0.39, 0.29) is 35.1 Å². The summed E-state index contributed by atoms with van der Waals surface area (Å²) in [6.45, 7) is 0. The summed E-state index contributed by atoms with van der Waals surface area (Å²) in [5.41, 5.74) is 1.96. The standard InChI is InChI=1S/C14H12O3.Na/c1-17-13-7-5-10(6-8-13)11-3-2-4-12(9-11)14(15)16;/h2-9H,1H3,(H,15,16);/q;+1/p-1. The molecular weight excluding hydrogens is 239 g/mol. The monoisotopic (exact) mass is 250 g/mol. The molecule has 0 aromatic heterocycles. The first-order valence-corrected chi connectivity index (χ1v) is 5.16. The Morgan fingerprint density at radius 2 is 1.72 bits per heavy atom. The van der Waals surface area contributed by atoms with Gasteiger partial charge in [0, 0.05) is 0 Å². The Hall–Kier alpha value is -1.29. The van der Waals surface area contributed by atoms with Crippen molar-refractivity contribution in [1.82, 2.24) is 0 Å². The Labute approximate surface area is 128 Å². The van der Waals surface area contributed by atoms with Gasteiger partial charge < -0.3 is 14.6 Å². The molecule has 0 amide bonds. The molecule has 0 aliphatic carbocycles. The number of hydrogen-bond acceptors (Lipinski definition) is 3. The molecule has 0 atom stereocenters. The molecule has 0 heterocycles. The van der Waals surface area contributed by atoms with Gasteiger partial charge in [-0.05, 0) is 34.9 Å². The number of hydrogen-bond donors (Lipinski definition) is 0. The van der Waals surface area contributed by atoms with Crippen molar-refractivity contribution in [2.24, 2.45) is 0 Å². The fraction of sp³-hybridized carbons (Fsp3) is 0.0714. The van der Waals surface area contributed by atoms with Gasteiger partial charge in [-0.25, -0.2) is 0 Å². The van der Waals surface area contributed by atoms with E-state index in [1.165, 1.54) is 6.07 Å². The van der Waals surface area contributed by atoms with Crippen LogP contribution in [0.1, 0.15) is 10.4 Å². The number of ether oxygens (including phenoxy) is 1. The van der Waals surface area contributed by atoms with Crippen molar-refractivity contribution in [3.8, 4) is 16.9 Å². The van der Waals surface area contributed by atoms with E-state index in [1.54, 1.807) is 19.2 Å². The summed E-state index contributed by atoms with van der Waals surface area (Å²) in [6, 6.07) is 14.1. The number of carboxylic acid groups (broad SMARTS) is 1. The number of carboxylic acids is 1.